The molecule has 0 radical (unpaired) electrons. The molecule has 2 fully saturated rings. The molecule has 1 atom stereocenters. The number of para-hydroxylation sites is 1. The molecule has 0 aromatic heterocycles. The summed E-state index contributed by atoms with van der Waals surface area (Å²) in [4.78, 5) is 39.0. The number of likely N-dealkylation sites (tertiary alicyclic amines) is 1. The Bertz CT molecular complexity index is 671. The second-order valence-corrected chi connectivity index (χ2v) is 6.36. The van der Waals surface area contributed by atoms with Gasteiger partial charge in [0.15, 0.2) is 0 Å². The van der Waals surface area contributed by atoms with Crippen LogP contribution in [-0.4, -0.2) is 42.3 Å². The fourth-order valence-corrected chi connectivity index (χ4v) is 3.42. The SMILES string of the molecule is NC(=O)C1CCN(C(=O)C2CC(=O)N(c3ccccc3F)C2)CC1. The molecule has 128 valence electrons. The van der Waals surface area contributed by atoms with Gasteiger partial charge in [0.25, 0.3) is 0 Å². The predicted molar refractivity (Wildman–Crippen MR) is 85.4 cm³/mol. The number of carbonyl (C=O) groups excluding carboxylic acids is 3. The summed E-state index contributed by atoms with van der Waals surface area (Å²) in [7, 11) is 0. The second-order valence-electron chi connectivity index (χ2n) is 6.36. The van der Waals surface area contributed by atoms with Crippen LogP contribution >= 0.6 is 0 Å². The zero-order valence-electron chi connectivity index (χ0n) is 13.3. The smallest absolute Gasteiger partial charge is 0.228 e. The first-order chi connectivity index (χ1) is 11.5. The lowest BCUT2D eigenvalue weighted by Gasteiger charge is -2.32. The van der Waals surface area contributed by atoms with Crippen molar-refractivity contribution < 1.29 is 18.8 Å². The van der Waals surface area contributed by atoms with Crippen LogP contribution in [0.5, 0.6) is 0 Å². The van der Waals surface area contributed by atoms with Crippen molar-refractivity contribution in [3.63, 3.8) is 0 Å². The molecule has 7 heteroatoms. The molecule has 1 unspecified atom stereocenters. The average molecular weight is 333 g/mol. The van der Waals surface area contributed by atoms with Crippen LogP contribution in [0.1, 0.15) is 19.3 Å². The van der Waals surface area contributed by atoms with E-state index in [0.717, 1.165) is 0 Å². The van der Waals surface area contributed by atoms with E-state index in [0.29, 0.717) is 25.9 Å². The van der Waals surface area contributed by atoms with Crippen molar-refractivity contribution in [1.29, 1.82) is 0 Å². The Balaban J connectivity index is 1.65. The summed E-state index contributed by atoms with van der Waals surface area (Å²) in [6.07, 6.45) is 1.19. The van der Waals surface area contributed by atoms with Gasteiger partial charge >= 0.3 is 0 Å². The van der Waals surface area contributed by atoms with Gasteiger partial charge in [-0.3, -0.25) is 14.4 Å². The molecule has 24 heavy (non-hydrogen) atoms. The van der Waals surface area contributed by atoms with Crippen LogP contribution in [0.3, 0.4) is 0 Å². The van der Waals surface area contributed by atoms with Gasteiger partial charge in [-0.15, -0.1) is 0 Å². The van der Waals surface area contributed by atoms with Gasteiger partial charge < -0.3 is 15.5 Å². The first-order valence-corrected chi connectivity index (χ1v) is 8.10. The number of anilines is 1. The van der Waals surface area contributed by atoms with E-state index in [1.54, 1.807) is 23.1 Å². The molecule has 1 aromatic carbocycles. The van der Waals surface area contributed by atoms with Crippen LogP contribution in [0.25, 0.3) is 0 Å². The molecular weight excluding hydrogens is 313 g/mol. The highest BCUT2D eigenvalue weighted by molar-refractivity contribution is 6.00. The van der Waals surface area contributed by atoms with Crippen molar-refractivity contribution in [2.45, 2.75) is 19.3 Å². The quantitative estimate of drug-likeness (QED) is 0.892. The maximum Gasteiger partial charge on any atom is 0.228 e. The largest absolute Gasteiger partial charge is 0.369 e. The molecule has 0 aliphatic carbocycles. The van der Waals surface area contributed by atoms with Gasteiger partial charge in [0.05, 0.1) is 11.6 Å². The van der Waals surface area contributed by atoms with Crippen molar-refractivity contribution in [3.05, 3.63) is 30.1 Å². The zero-order chi connectivity index (χ0) is 17.3. The second kappa shape index (κ2) is 6.59. The summed E-state index contributed by atoms with van der Waals surface area (Å²) < 4.78 is 13.9. The number of nitrogens with zero attached hydrogens (tertiary/aromatic N) is 2. The zero-order valence-corrected chi connectivity index (χ0v) is 13.3. The average Bonchev–Trinajstić information content (AvgIpc) is 2.96. The summed E-state index contributed by atoms with van der Waals surface area (Å²) in [6.45, 7) is 1.13. The molecule has 3 amide bonds. The van der Waals surface area contributed by atoms with Crippen LogP contribution < -0.4 is 10.6 Å². The van der Waals surface area contributed by atoms with Gasteiger partial charge in [0.1, 0.15) is 5.82 Å². The molecular formula is C17H20FN3O3. The van der Waals surface area contributed by atoms with E-state index in [1.165, 1.54) is 11.0 Å². The van der Waals surface area contributed by atoms with Crippen LogP contribution in [0.2, 0.25) is 0 Å². The molecule has 2 heterocycles. The molecule has 0 spiro atoms. The lowest BCUT2D eigenvalue weighted by molar-refractivity contribution is -0.138. The van der Waals surface area contributed by atoms with E-state index in [1.807, 2.05) is 0 Å². The highest BCUT2D eigenvalue weighted by atomic mass is 19.1. The summed E-state index contributed by atoms with van der Waals surface area (Å²) in [5.74, 6) is -1.81. The third-order valence-corrected chi connectivity index (χ3v) is 4.83. The lowest BCUT2D eigenvalue weighted by atomic mass is 9.95. The highest BCUT2D eigenvalue weighted by Crippen LogP contribution is 2.29. The third kappa shape index (κ3) is 3.11. The normalized spacial score (nSPS) is 22.0. The van der Waals surface area contributed by atoms with Crippen molar-refractivity contribution >= 4 is 23.4 Å². The number of hydrogen-bond donors (Lipinski definition) is 1. The van der Waals surface area contributed by atoms with E-state index in [-0.39, 0.29) is 42.3 Å². The third-order valence-electron chi connectivity index (χ3n) is 4.83. The minimum absolute atomic E-state index is 0.0862. The van der Waals surface area contributed by atoms with Crippen LogP contribution in [-0.2, 0) is 14.4 Å². The standard InChI is InChI=1S/C17H20FN3O3/c18-13-3-1-2-4-14(13)21-10-12(9-15(21)22)17(24)20-7-5-11(6-8-20)16(19)23/h1-4,11-12H,5-10H2,(H2,19,23). The Kier molecular flexibility index (Phi) is 4.51. The fraction of sp³-hybridized carbons (Fsp3) is 0.471. The Labute approximate surface area is 139 Å². The van der Waals surface area contributed by atoms with Crippen molar-refractivity contribution in [2.24, 2.45) is 17.6 Å². The Morgan fingerprint density at radius 2 is 1.79 bits per heavy atom. The Morgan fingerprint density at radius 1 is 1.12 bits per heavy atom. The number of benzene rings is 1. The summed E-state index contributed by atoms with van der Waals surface area (Å²) in [5, 5.41) is 0. The van der Waals surface area contributed by atoms with Crippen LogP contribution in [0, 0.1) is 17.7 Å². The minimum Gasteiger partial charge on any atom is -0.369 e. The molecule has 2 saturated heterocycles. The number of halogens is 1. The van der Waals surface area contributed by atoms with Crippen molar-refractivity contribution in [1.82, 2.24) is 4.90 Å². The van der Waals surface area contributed by atoms with Crippen LogP contribution in [0.15, 0.2) is 24.3 Å². The summed E-state index contributed by atoms with van der Waals surface area (Å²) in [5.41, 5.74) is 5.51. The topological polar surface area (TPSA) is 83.7 Å². The van der Waals surface area contributed by atoms with E-state index in [2.05, 4.69) is 0 Å². The first kappa shape index (κ1) is 16.4. The molecule has 0 bridgehead atoms. The number of carbonyl (C=O) groups is 3. The van der Waals surface area contributed by atoms with Gasteiger partial charge in [-0.05, 0) is 25.0 Å². The number of hydrogen-bond acceptors (Lipinski definition) is 3. The molecule has 2 N–H and O–H groups in total. The number of rotatable bonds is 3. The van der Waals surface area contributed by atoms with Gasteiger partial charge in [0, 0.05) is 32.0 Å². The van der Waals surface area contributed by atoms with Crippen LogP contribution in [0.4, 0.5) is 10.1 Å². The number of primary amides is 1. The summed E-state index contributed by atoms with van der Waals surface area (Å²) >= 11 is 0. The van der Waals surface area contributed by atoms with E-state index >= 15 is 0 Å². The molecule has 1 aromatic rings. The first-order valence-electron chi connectivity index (χ1n) is 8.10. The minimum atomic E-state index is -0.471. The maximum atomic E-state index is 13.9. The monoisotopic (exact) mass is 333 g/mol. The van der Waals surface area contributed by atoms with Crippen molar-refractivity contribution in [3.8, 4) is 0 Å². The molecule has 2 aliphatic heterocycles. The molecule has 3 rings (SSSR count). The predicted octanol–water partition coefficient (Wildman–Crippen LogP) is 0.902. The molecule has 0 saturated carbocycles. The van der Waals surface area contributed by atoms with Gasteiger partial charge in [0.2, 0.25) is 17.7 Å². The van der Waals surface area contributed by atoms with E-state index < -0.39 is 11.7 Å². The highest BCUT2D eigenvalue weighted by Gasteiger charge is 2.39. The Hall–Kier alpha value is -2.44. The number of piperidine rings is 1. The number of nitrogens with two attached hydrogens (primary N) is 1. The van der Waals surface area contributed by atoms with E-state index in [9.17, 15) is 18.8 Å². The fourth-order valence-electron chi connectivity index (χ4n) is 3.42. The maximum absolute atomic E-state index is 13.9. The number of amides is 3. The van der Waals surface area contributed by atoms with Gasteiger partial charge in [-0.25, -0.2) is 4.39 Å². The molecule has 2 aliphatic rings. The van der Waals surface area contributed by atoms with Crippen molar-refractivity contribution in [2.75, 3.05) is 24.5 Å². The molecule has 6 nitrogen and oxygen atoms in total. The lowest BCUT2D eigenvalue weighted by Crippen LogP contribution is -2.44. The van der Waals surface area contributed by atoms with E-state index in [4.69, 9.17) is 5.73 Å². The Morgan fingerprint density at radius 3 is 2.42 bits per heavy atom. The van der Waals surface area contributed by atoms with Gasteiger partial charge in [-0.2, -0.15) is 0 Å². The summed E-state index contributed by atoms with van der Waals surface area (Å²) in [6, 6.07) is 6.06. The van der Waals surface area contributed by atoms with Gasteiger partial charge in [-0.1, -0.05) is 12.1 Å².